The third kappa shape index (κ3) is 2.68. The number of hydrogen-bond acceptors (Lipinski definition) is 4. The van der Waals surface area contributed by atoms with Crippen LogP contribution in [0, 0.1) is 0 Å². The molecule has 6 rings (SSSR count). The zero-order valence-electron chi connectivity index (χ0n) is 19.1. The van der Waals surface area contributed by atoms with Gasteiger partial charge in [0.05, 0.1) is 19.9 Å². The molecule has 1 saturated carbocycles. The number of para-hydroxylation sites is 2. The Morgan fingerprint density at radius 2 is 1.82 bits per heavy atom. The fourth-order valence-electron chi connectivity index (χ4n) is 5.78. The van der Waals surface area contributed by atoms with E-state index < -0.39 is 5.54 Å². The predicted octanol–water partition coefficient (Wildman–Crippen LogP) is 3.38. The van der Waals surface area contributed by atoms with E-state index in [1.807, 2.05) is 43.3 Å². The number of hydrogen-bond donors (Lipinski definition) is 1. The van der Waals surface area contributed by atoms with E-state index in [-0.39, 0.29) is 30.3 Å². The SMILES string of the molecule is COc1cccc([C@H]2CN3C(=O)CN(C4CC4)C(=O)[C@]3(C)c3[nH]c4ccccc4c32)c1OC. The Bertz CT molecular complexity index is 1290. The number of carbonyl (C=O) groups excluding carboxylic acids is 2. The van der Waals surface area contributed by atoms with Gasteiger partial charge in [-0.2, -0.15) is 0 Å². The normalized spacial score (nSPS) is 24.6. The highest BCUT2D eigenvalue weighted by Gasteiger charge is 2.58. The van der Waals surface area contributed by atoms with Crippen molar-refractivity contribution in [1.82, 2.24) is 14.8 Å². The number of carbonyl (C=O) groups is 2. The number of amides is 2. The lowest BCUT2D eigenvalue weighted by molar-refractivity contribution is -0.166. The van der Waals surface area contributed by atoms with Gasteiger partial charge >= 0.3 is 0 Å². The fraction of sp³-hybridized carbons (Fsp3) is 0.385. The van der Waals surface area contributed by atoms with Gasteiger partial charge in [-0.3, -0.25) is 9.59 Å². The van der Waals surface area contributed by atoms with Crippen LogP contribution in [0.1, 0.15) is 42.5 Å². The molecule has 1 saturated heterocycles. The molecule has 170 valence electrons. The minimum atomic E-state index is -1.06. The molecule has 1 aliphatic carbocycles. The molecule has 2 aliphatic heterocycles. The number of nitrogens with one attached hydrogen (secondary N) is 1. The number of benzene rings is 2. The van der Waals surface area contributed by atoms with Crippen LogP contribution in [0.3, 0.4) is 0 Å². The molecule has 2 fully saturated rings. The van der Waals surface area contributed by atoms with Gasteiger partial charge in [-0.1, -0.05) is 30.3 Å². The first-order chi connectivity index (χ1) is 16.0. The summed E-state index contributed by atoms with van der Waals surface area (Å²) in [5.74, 6) is 1.12. The van der Waals surface area contributed by atoms with E-state index in [4.69, 9.17) is 9.47 Å². The van der Waals surface area contributed by atoms with Gasteiger partial charge in [-0.25, -0.2) is 0 Å². The predicted molar refractivity (Wildman–Crippen MR) is 123 cm³/mol. The number of ether oxygens (including phenoxy) is 2. The summed E-state index contributed by atoms with van der Waals surface area (Å²) in [6.45, 7) is 2.45. The second-order valence-corrected chi connectivity index (χ2v) is 9.34. The van der Waals surface area contributed by atoms with Crippen molar-refractivity contribution in [3.05, 3.63) is 59.3 Å². The van der Waals surface area contributed by atoms with E-state index in [0.29, 0.717) is 18.0 Å². The fourth-order valence-corrected chi connectivity index (χ4v) is 5.78. The number of piperazine rings is 1. The van der Waals surface area contributed by atoms with E-state index in [0.717, 1.165) is 40.6 Å². The first kappa shape index (κ1) is 20.1. The Labute approximate surface area is 192 Å². The molecule has 0 radical (unpaired) electrons. The van der Waals surface area contributed by atoms with Crippen molar-refractivity contribution < 1.29 is 19.1 Å². The molecule has 0 unspecified atom stereocenters. The van der Waals surface area contributed by atoms with Crippen LogP contribution in [-0.4, -0.2) is 59.9 Å². The Balaban J connectivity index is 1.62. The minimum absolute atomic E-state index is 0.00784. The molecule has 3 aliphatic rings. The Hall–Kier alpha value is -3.48. The molecule has 1 N–H and O–H groups in total. The van der Waals surface area contributed by atoms with Gasteiger partial charge in [0.2, 0.25) is 5.91 Å². The van der Waals surface area contributed by atoms with E-state index in [1.54, 1.807) is 24.0 Å². The number of aromatic amines is 1. The summed E-state index contributed by atoms with van der Waals surface area (Å²) in [5, 5.41) is 1.06. The lowest BCUT2D eigenvalue weighted by atomic mass is 9.76. The third-order valence-electron chi connectivity index (χ3n) is 7.57. The highest BCUT2D eigenvalue weighted by molar-refractivity contribution is 6.01. The van der Waals surface area contributed by atoms with E-state index in [9.17, 15) is 9.59 Å². The number of H-pyrrole nitrogens is 1. The van der Waals surface area contributed by atoms with Crippen LogP contribution in [0.2, 0.25) is 0 Å². The number of fused-ring (bicyclic) bond motifs is 5. The number of rotatable bonds is 4. The molecule has 7 nitrogen and oxygen atoms in total. The van der Waals surface area contributed by atoms with E-state index >= 15 is 0 Å². The Morgan fingerprint density at radius 1 is 1.03 bits per heavy atom. The van der Waals surface area contributed by atoms with Gasteiger partial charge < -0.3 is 24.3 Å². The van der Waals surface area contributed by atoms with Gasteiger partial charge in [0.25, 0.3) is 5.91 Å². The summed E-state index contributed by atoms with van der Waals surface area (Å²) in [5.41, 5.74) is 2.69. The number of methoxy groups -OCH3 is 2. The van der Waals surface area contributed by atoms with Crippen molar-refractivity contribution in [2.75, 3.05) is 27.3 Å². The lowest BCUT2D eigenvalue weighted by Crippen LogP contribution is -2.67. The molecule has 0 bridgehead atoms. The van der Waals surface area contributed by atoms with Crippen LogP contribution in [0.25, 0.3) is 10.9 Å². The van der Waals surface area contributed by atoms with Crippen LogP contribution in [-0.2, 0) is 15.1 Å². The van der Waals surface area contributed by atoms with Crippen LogP contribution < -0.4 is 9.47 Å². The minimum Gasteiger partial charge on any atom is -0.493 e. The third-order valence-corrected chi connectivity index (χ3v) is 7.57. The molecular formula is C26H27N3O4. The summed E-state index contributed by atoms with van der Waals surface area (Å²) in [7, 11) is 3.25. The Kier molecular flexibility index (Phi) is 4.28. The number of nitrogens with zero attached hydrogens (tertiary/aromatic N) is 2. The van der Waals surface area contributed by atoms with Gasteiger partial charge in [0, 0.05) is 35.0 Å². The zero-order valence-corrected chi connectivity index (χ0v) is 19.1. The first-order valence-electron chi connectivity index (χ1n) is 11.4. The average Bonchev–Trinajstić information content (AvgIpc) is 3.60. The molecule has 2 aromatic carbocycles. The standard InChI is InChI=1S/C26H27N3O4/c1-26-24-22(17-7-4-5-9-19(17)27-24)18(16-8-6-10-20(32-2)23(16)33-3)13-29(26)21(30)14-28(25(26)31)15-11-12-15/h4-10,15,18,27H,11-14H2,1-3H3/t18-,26+/m1/s1. The largest absolute Gasteiger partial charge is 0.493 e. The molecule has 1 aromatic heterocycles. The van der Waals surface area contributed by atoms with Crippen LogP contribution >= 0.6 is 0 Å². The van der Waals surface area contributed by atoms with Crippen molar-refractivity contribution in [3.8, 4) is 11.5 Å². The van der Waals surface area contributed by atoms with Crippen LogP contribution in [0.4, 0.5) is 0 Å². The van der Waals surface area contributed by atoms with Crippen LogP contribution in [0.15, 0.2) is 42.5 Å². The molecule has 3 aromatic rings. The maximum atomic E-state index is 13.9. The molecule has 7 heteroatoms. The molecule has 2 atom stereocenters. The maximum Gasteiger partial charge on any atom is 0.255 e. The highest BCUT2D eigenvalue weighted by Crippen LogP contribution is 2.51. The monoisotopic (exact) mass is 445 g/mol. The Morgan fingerprint density at radius 3 is 2.55 bits per heavy atom. The lowest BCUT2D eigenvalue weighted by Gasteiger charge is -2.51. The summed E-state index contributed by atoms with van der Waals surface area (Å²) in [6, 6.07) is 14.1. The van der Waals surface area contributed by atoms with Crippen molar-refractivity contribution in [3.63, 3.8) is 0 Å². The summed E-state index contributed by atoms with van der Waals surface area (Å²) in [6.07, 6.45) is 1.94. The smallest absolute Gasteiger partial charge is 0.255 e. The van der Waals surface area contributed by atoms with Crippen molar-refractivity contribution in [2.24, 2.45) is 0 Å². The zero-order chi connectivity index (χ0) is 22.9. The summed E-state index contributed by atoms with van der Waals surface area (Å²) in [4.78, 5) is 34.5. The highest BCUT2D eigenvalue weighted by atomic mass is 16.5. The van der Waals surface area contributed by atoms with Gasteiger partial charge in [-0.05, 0) is 37.5 Å². The van der Waals surface area contributed by atoms with Gasteiger partial charge in [-0.15, -0.1) is 0 Å². The summed E-state index contributed by atoms with van der Waals surface area (Å²) < 4.78 is 11.3. The van der Waals surface area contributed by atoms with Gasteiger partial charge in [0.1, 0.15) is 6.54 Å². The van der Waals surface area contributed by atoms with Gasteiger partial charge in [0.15, 0.2) is 17.0 Å². The van der Waals surface area contributed by atoms with Crippen molar-refractivity contribution >= 4 is 22.7 Å². The maximum absolute atomic E-state index is 13.9. The average molecular weight is 446 g/mol. The molecule has 2 amide bonds. The second kappa shape index (κ2) is 7.01. The quantitative estimate of drug-likeness (QED) is 0.668. The molecule has 0 spiro atoms. The number of aromatic nitrogens is 1. The first-order valence-corrected chi connectivity index (χ1v) is 11.4. The van der Waals surface area contributed by atoms with Crippen molar-refractivity contribution in [1.29, 1.82) is 0 Å². The summed E-state index contributed by atoms with van der Waals surface area (Å²) >= 11 is 0. The molecule has 33 heavy (non-hydrogen) atoms. The van der Waals surface area contributed by atoms with E-state index in [2.05, 4.69) is 11.1 Å². The molecule has 3 heterocycles. The topological polar surface area (TPSA) is 74.9 Å². The molecular weight excluding hydrogens is 418 g/mol. The second-order valence-electron chi connectivity index (χ2n) is 9.34. The van der Waals surface area contributed by atoms with Crippen molar-refractivity contribution in [2.45, 2.75) is 37.3 Å². The van der Waals surface area contributed by atoms with Crippen LogP contribution in [0.5, 0.6) is 11.5 Å². The van der Waals surface area contributed by atoms with E-state index in [1.165, 1.54) is 0 Å².